The second-order valence-corrected chi connectivity index (χ2v) is 11.1. The Hall–Kier alpha value is -2.50. The van der Waals surface area contributed by atoms with Crippen LogP contribution in [-0.2, 0) is 9.59 Å². The lowest BCUT2D eigenvalue weighted by Crippen LogP contribution is -2.38. The highest BCUT2D eigenvalue weighted by atomic mass is 16.2. The fourth-order valence-corrected chi connectivity index (χ4v) is 5.58. The van der Waals surface area contributed by atoms with E-state index in [9.17, 15) is 19.2 Å². The molecule has 6 heteroatoms. The van der Waals surface area contributed by atoms with Crippen LogP contribution >= 0.6 is 0 Å². The number of amides is 4. The topological polar surface area (TPSA) is 74.8 Å². The van der Waals surface area contributed by atoms with Gasteiger partial charge in [-0.3, -0.25) is 29.0 Å². The molecule has 3 rings (SSSR count). The van der Waals surface area contributed by atoms with Crippen molar-refractivity contribution in [1.82, 2.24) is 9.80 Å². The second-order valence-electron chi connectivity index (χ2n) is 11.1. The lowest BCUT2D eigenvalue weighted by atomic mass is 10.1. The van der Waals surface area contributed by atoms with Crippen molar-refractivity contribution in [3.8, 4) is 0 Å². The molecule has 0 N–H and O–H groups in total. The standard InChI is InChI=1S/C32H48N2O4/c35-29-19-15-11-7-3-1-5-9-13-17-25-33(29)31(37)27-21-23-28(24-22-27)32(38)34-26-18-14-10-6-2-4-8-12-16-20-30(34)36/h21-24H,1-20,25-26H2. The third-order valence-electron chi connectivity index (χ3n) is 8.02. The van der Waals surface area contributed by atoms with Gasteiger partial charge in [0.25, 0.3) is 11.8 Å². The summed E-state index contributed by atoms with van der Waals surface area (Å²) < 4.78 is 0. The van der Waals surface area contributed by atoms with Gasteiger partial charge in [-0.15, -0.1) is 0 Å². The number of hydrogen-bond acceptors (Lipinski definition) is 4. The summed E-state index contributed by atoms with van der Waals surface area (Å²) in [6.45, 7) is 0.890. The summed E-state index contributed by atoms with van der Waals surface area (Å²) in [5, 5.41) is 0. The summed E-state index contributed by atoms with van der Waals surface area (Å²) in [6, 6.07) is 6.54. The van der Waals surface area contributed by atoms with E-state index in [0.29, 0.717) is 37.1 Å². The zero-order valence-electron chi connectivity index (χ0n) is 23.4. The highest BCUT2D eigenvalue weighted by Crippen LogP contribution is 2.18. The van der Waals surface area contributed by atoms with Crippen molar-refractivity contribution in [2.24, 2.45) is 0 Å². The molecule has 0 aliphatic carbocycles. The minimum absolute atomic E-state index is 0.102. The number of nitrogens with zero attached hydrogens (tertiary/aromatic N) is 2. The highest BCUT2D eigenvalue weighted by Gasteiger charge is 2.25. The van der Waals surface area contributed by atoms with Crippen LogP contribution < -0.4 is 0 Å². The molecule has 0 spiro atoms. The normalized spacial score (nSPS) is 20.6. The molecule has 0 bridgehead atoms. The Morgan fingerprint density at radius 2 is 0.684 bits per heavy atom. The van der Waals surface area contributed by atoms with E-state index in [4.69, 9.17) is 0 Å². The molecule has 2 aliphatic rings. The van der Waals surface area contributed by atoms with Crippen molar-refractivity contribution in [3.05, 3.63) is 35.4 Å². The second kappa shape index (κ2) is 17.2. The lowest BCUT2D eigenvalue weighted by Gasteiger charge is -2.22. The van der Waals surface area contributed by atoms with Crippen LogP contribution in [-0.4, -0.2) is 46.5 Å². The summed E-state index contributed by atoms with van der Waals surface area (Å²) in [5.41, 5.74) is 0.825. The predicted octanol–water partition coefficient (Wildman–Crippen LogP) is 7.45. The van der Waals surface area contributed by atoms with Gasteiger partial charge < -0.3 is 0 Å². The average Bonchev–Trinajstić information content (AvgIpc) is 2.96. The minimum atomic E-state index is -0.290. The highest BCUT2D eigenvalue weighted by molar-refractivity contribution is 6.07. The van der Waals surface area contributed by atoms with E-state index in [-0.39, 0.29) is 23.6 Å². The molecular weight excluding hydrogens is 476 g/mol. The zero-order valence-corrected chi connectivity index (χ0v) is 23.4. The van der Waals surface area contributed by atoms with Crippen LogP contribution in [0.15, 0.2) is 24.3 Å². The molecular formula is C32H48N2O4. The smallest absolute Gasteiger partial charge is 0.260 e. The Morgan fingerprint density at radius 3 is 1.00 bits per heavy atom. The maximum Gasteiger partial charge on any atom is 0.260 e. The van der Waals surface area contributed by atoms with E-state index in [0.717, 1.165) is 77.0 Å². The molecule has 2 fully saturated rings. The summed E-state index contributed by atoms with van der Waals surface area (Å²) in [7, 11) is 0. The predicted molar refractivity (Wildman–Crippen MR) is 151 cm³/mol. The van der Waals surface area contributed by atoms with Crippen LogP contribution in [0.1, 0.15) is 149 Å². The molecule has 2 aliphatic heterocycles. The van der Waals surface area contributed by atoms with Gasteiger partial charge in [0.1, 0.15) is 0 Å². The van der Waals surface area contributed by atoms with E-state index in [1.807, 2.05) is 0 Å². The lowest BCUT2D eigenvalue weighted by molar-refractivity contribution is -0.129. The van der Waals surface area contributed by atoms with Gasteiger partial charge in [-0.05, 0) is 49.9 Å². The van der Waals surface area contributed by atoms with Gasteiger partial charge in [0.05, 0.1) is 0 Å². The quantitative estimate of drug-likeness (QED) is 0.377. The monoisotopic (exact) mass is 524 g/mol. The first-order valence-corrected chi connectivity index (χ1v) is 15.4. The third-order valence-corrected chi connectivity index (χ3v) is 8.02. The molecule has 2 heterocycles. The van der Waals surface area contributed by atoms with Gasteiger partial charge in [-0.25, -0.2) is 0 Å². The molecule has 1 aromatic carbocycles. The molecule has 0 radical (unpaired) electrons. The molecule has 1 aromatic rings. The van der Waals surface area contributed by atoms with Gasteiger partial charge in [-0.1, -0.05) is 89.9 Å². The van der Waals surface area contributed by atoms with E-state index in [1.54, 1.807) is 24.3 Å². The molecule has 0 aromatic heterocycles. The molecule has 0 atom stereocenters. The van der Waals surface area contributed by atoms with Crippen LogP contribution in [0.4, 0.5) is 0 Å². The molecule has 2 saturated heterocycles. The van der Waals surface area contributed by atoms with Crippen LogP contribution in [0.5, 0.6) is 0 Å². The van der Waals surface area contributed by atoms with Gasteiger partial charge in [-0.2, -0.15) is 0 Å². The fraction of sp³-hybridized carbons (Fsp3) is 0.688. The fourth-order valence-electron chi connectivity index (χ4n) is 5.58. The van der Waals surface area contributed by atoms with Crippen molar-refractivity contribution in [1.29, 1.82) is 0 Å². The number of imide groups is 2. The van der Waals surface area contributed by atoms with Crippen molar-refractivity contribution < 1.29 is 19.2 Å². The molecule has 210 valence electrons. The van der Waals surface area contributed by atoms with E-state index in [2.05, 4.69) is 0 Å². The molecule has 6 nitrogen and oxygen atoms in total. The average molecular weight is 525 g/mol. The molecule has 4 amide bonds. The van der Waals surface area contributed by atoms with E-state index >= 15 is 0 Å². The Morgan fingerprint density at radius 1 is 0.421 bits per heavy atom. The first-order chi connectivity index (χ1) is 18.6. The van der Waals surface area contributed by atoms with Crippen molar-refractivity contribution in [2.45, 2.75) is 128 Å². The van der Waals surface area contributed by atoms with Gasteiger partial charge in [0.2, 0.25) is 11.8 Å². The largest absolute Gasteiger partial charge is 0.279 e. The van der Waals surface area contributed by atoms with Crippen LogP contribution in [0, 0.1) is 0 Å². The Balaban J connectivity index is 1.66. The van der Waals surface area contributed by atoms with Crippen LogP contribution in [0.25, 0.3) is 0 Å². The summed E-state index contributed by atoms with van der Waals surface area (Å²) >= 11 is 0. The zero-order chi connectivity index (χ0) is 27.0. The molecule has 38 heavy (non-hydrogen) atoms. The maximum absolute atomic E-state index is 13.3. The van der Waals surface area contributed by atoms with Gasteiger partial charge in [0.15, 0.2) is 0 Å². The summed E-state index contributed by atoms with van der Waals surface area (Å²) in [6.07, 6.45) is 20.2. The number of rotatable bonds is 2. The maximum atomic E-state index is 13.3. The van der Waals surface area contributed by atoms with E-state index in [1.165, 1.54) is 48.3 Å². The first kappa shape index (κ1) is 30.0. The van der Waals surface area contributed by atoms with Crippen molar-refractivity contribution in [2.75, 3.05) is 13.1 Å². The Labute approximate surface area is 229 Å². The first-order valence-electron chi connectivity index (χ1n) is 15.4. The Kier molecular flexibility index (Phi) is 13.6. The summed E-state index contributed by atoms with van der Waals surface area (Å²) in [5.74, 6) is -0.782. The SMILES string of the molecule is O=C1CCCCCCCCCCCN1C(=O)c1ccc(C(=O)N2CCCCCCCCCCCC2=O)cc1. The molecule has 0 unspecified atom stereocenters. The number of carbonyl (C=O) groups is 4. The minimum Gasteiger partial charge on any atom is -0.279 e. The van der Waals surface area contributed by atoms with Crippen LogP contribution in [0.3, 0.4) is 0 Å². The Bertz CT molecular complexity index is 822. The van der Waals surface area contributed by atoms with Crippen molar-refractivity contribution >= 4 is 23.6 Å². The summed E-state index contributed by atoms with van der Waals surface area (Å²) in [4.78, 5) is 55.4. The van der Waals surface area contributed by atoms with Gasteiger partial charge >= 0.3 is 0 Å². The molecule has 0 saturated carbocycles. The van der Waals surface area contributed by atoms with Crippen LogP contribution in [0.2, 0.25) is 0 Å². The number of hydrogen-bond donors (Lipinski definition) is 0. The number of carbonyl (C=O) groups excluding carboxylic acids is 4. The van der Waals surface area contributed by atoms with Gasteiger partial charge in [0, 0.05) is 37.1 Å². The van der Waals surface area contributed by atoms with E-state index < -0.39 is 0 Å². The number of benzene rings is 1. The third kappa shape index (κ3) is 9.99. The van der Waals surface area contributed by atoms with Crippen molar-refractivity contribution in [3.63, 3.8) is 0 Å².